The second-order valence-corrected chi connectivity index (χ2v) is 9.94. The molecule has 0 aliphatic carbocycles. The average Bonchev–Trinajstić information content (AvgIpc) is 2.97. The molecule has 0 aliphatic heterocycles. The van der Waals surface area contributed by atoms with E-state index in [4.69, 9.17) is 25.8 Å². The lowest BCUT2D eigenvalue weighted by Gasteiger charge is -2.09. The van der Waals surface area contributed by atoms with E-state index in [1.54, 1.807) is 78.9 Å². The second-order valence-electron chi connectivity index (χ2n) is 8.58. The quantitative estimate of drug-likeness (QED) is 0.0814. The third kappa shape index (κ3) is 8.43. The van der Waals surface area contributed by atoms with E-state index >= 15 is 0 Å². The summed E-state index contributed by atoms with van der Waals surface area (Å²) in [5.41, 5.74) is 4.75. The summed E-state index contributed by atoms with van der Waals surface area (Å²) in [6.45, 7) is 3.01. The maximum atomic E-state index is 12.7. The molecule has 0 aromatic heterocycles. The van der Waals surface area contributed by atoms with Gasteiger partial charge in [-0.05, 0) is 90.8 Å². The Hall–Kier alpha value is -4.14. The Balaban J connectivity index is 1.34. The molecule has 0 bridgehead atoms. The first-order valence-electron chi connectivity index (χ1n) is 12.5. The van der Waals surface area contributed by atoms with Gasteiger partial charge in [0.25, 0.3) is 5.91 Å². The summed E-state index contributed by atoms with van der Waals surface area (Å²) in [6.07, 6.45) is 2.31. The van der Waals surface area contributed by atoms with Crippen LogP contribution in [0.15, 0.2) is 101 Å². The van der Waals surface area contributed by atoms with Gasteiger partial charge in [0.2, 0.25) is 0 Å². The Bertz CT molecular complexity index is 1470. The normalized spacial score (nSPS) is 10.8. The molecule has 0 aliphatic rings. The summed E-state index contributed by atoms with van der Waals surface area (Å²) < 4.78 is 17.7. The minimum Gasteiger partial charge on any atom is -0.494 e. The standard InChI is InChI=1S/C31H26BrClN2O5/c1-2-17-38-27-14-7-23(8-15-27)31(37)40-29-16-9-25(32)18-24(29)19-34-35-30(36)22-5-12-28(13-6-22)39-20-21-3-10-26(33)11-4-21/h3-16,18-19H,2,17,20H2,1H3,(H,35,36)/b34-19+. The van der Waals surface area contributed by atoms with Crippen LogP contribution in [-0.2, 0) is 6.61 Å². The van der Waals surface area contributed by atoms with Gasteiger partial charge < -0.3 is 14.2 Å². The van der Waals surface area contributed by atoms with Crippen LogP contribution in [-0.4, -0.2) is 24.7 Å². The summed E-state index contributed by atoms with van der Waals surface area (Å²) in [6, 6.07) is 26.0. The lowest BCUT2D eigenvalue weighted by molar-refractivity contribution is 0.0734. The smallest absolute Gasteiger partial charge is 0.343 e. The van der Waals surface area contributed by atoms with Gasteiger partial charge in [0.1, 0.15) is 23.9 Å². The van der Waals surface area contributed by atoms with E-state index in [9.17, 15) is 9.59 Å². The molecule has 4 aromatic rings. The van der Waals surface area contributed by atoms with E-state index in [-0.39, 0.29) is 0 Å². The summed E-state index contributed by atoms with van der Waals surface area (Å²) in [5, 5.41) is 4.72. The molecular weight excluding hydrogens is 596 g/mol. The first-order chi connectivity index (χ1) is 19.4. The number of hydrogen-bond donors (Lipinski definition) is 1. The molecule has 4 aromatic carbocycles. The second kappa shape index (κ2) is 14.3. The number of ether oxygens (including phenoxy) is 3. The number of benzene rings is 4. The Kier molecular flexibility index (Phi) is 10.3. The highest BCUT2D eigenvalue weighted by atomic mass is 79.9. The summed E-state index contributed by atoms with van der Waals surface area (Å²) in [5.74, 6) is 0.671. The molecule has 9 heteroatoms. The lowest BCUT2D eigenvalue weighted by atomic mass is 10.2. The number of amides is 1. The molecule has 40 heavy (non-hydrogen) atoms. The molecule has 0 radical (unpaired) electrons. The van der Waals surface area contributed by atoms with Crippen molar-refractivity contribution in [3.05, 3.63) is 123 Å². The molecule has 1 amide bonds. The largest absolute Gasteiger partial charge is 0.494 e. The first-order valence-corrected chi connectivity index (χ1v) is 13.6. The number of carbonyl (C=O) groups excluding carboxylic acids is 2. The van der Waals surface area contributed by atoms with Gasteiger partial charge in [0, 0.05) is 20.6 Å². The minimum absolute atomic E-state index is 0.291. The minimum atomic E-state index is -0.526. The van der Waals surface area contributed by atoms with Gasteiger partial charge in [0.05, 0.1) is 18.4 Å². The first kappa shape index (κ1) is 28.9. The van der Waals surface area contributed by atoms with E-state index in [0.29, 0.717) is 52.2 Å². The summed E-state index contributed by atoms with van der Waals surface area (Å²) in [4.78, 5) is 25.3. The van der Waals surface area contributed by atoms with E-state index in [1.165, 1.54) is 6.21 Å². The topological polar surface area (TPSA) is 86.2 Å². The molecule has 0 atom stereocenters. The van der Waals surface area contributed by atoms with Crippen molar-refractivity contribution in [1.82, 2.24) is 5.43 Å². The molecule has 0 fully saturated rings. The SMILES string of the molecule is CCCOc1ccc(C(=O)Oc2ccc(Br)cc2/C=N/NC(=O)c2ccc(OCc3ccc(Cl)cc3)cc2)cc1. The fourth-order valence-corrected chi connectivity index (χ4v) is 3.96. The third-order valence-electron chi connectivity index (χ3n) is 5.54. The number of hydrazone groups is 1. The van der Waals surface area contributed by atoms with Crippen molar-refractivity contribution < 1.29 is 23.8 Å². The number of esters is 1. The summed E-state index contributed by atoms with van der Waals surface area (Å²) in [7, 11) is 0. The van der Waals surface area contributed by atoms with Crippen LogP contribution < -0.4 is 19.6 Å². The van der Waals surface area contributed by atoms with Crippen LogP contribution >= 0.6 is 27.5 Å². The van der Waals surface area contributed by atoms with Gasteiger partial charge in [-0.2, -0.15) is 5.10 Å². The van der Waals surface area contributed by atoms with E-state index in [1.807, 2.05) is 19.1 Å². The Morgan fingerprint density at radius 1 is 0.875 bits per heavy atom. The van der Waals surface area contributed by atoms with E-state index < -0.39 is 11.9 Å². The molecule has 0 saturated carbocycles. The van der Waals surface area contributed by atoms with Crippen molar-refractivity contribution in [2.75, 3.05) is 6.61 Å². The maximum Gasteiger partial charge on any atom is 0.343 e. The molecule has 0 saturated heterocycles. The van der Waals surface area contributed by atoms with Crippen LogP contribution in [0.5, 0.6) is 17.2 Å². The van der Waals surface area contributed by atoms with Crippen molar-refractivity contribution in [2.45, 2.75) is 20.0 Å². The van der Waals surface area contributed by atoms with Crippen LogP contribution in [0, 0.1) is 0 Å². The Morgan fingerprint density at radius 2 is 1.52 bits per heavy atom. The van der Waals surface area contributed by atoms with Crippen molar-refractivity contribution in [1.29, 1.82) is 0 Å². The lowest BCUT2D eigenvalue weighted by Crippen LogP contribution is -2.17. The van der Waals surface area contributed by atoms with E-state index in [0.717, 1.165) is 16.5 Å². The highest BCUT2D eigenvalue weighted by Crippen LogP contribution is 2.23. The summed E-state index contributed by atoms with van der Waals surface area (Å²) >= 11 is 9.32. The molecule has 4 rings (SSSR count). The van der Waals surface area contributed by atoms with Gasteiger partial charge in [-0.3, -0.25) is 4.79 Å². The predicted molar refractivity (Wildman–Crippen MR) is 159 cm³/mol. The van der Waals surface area contributed by atoms with Crippen LogP contribution in [0.3, 0.4) is 0 Å². The fraction of sp³-hybridized carbons (Fsp3) is 0.129. The zero-order valence-corrected chi connectivity index (χ0v) is 23.9. The average molecular weight is 622 g/mol. The molecule has 0 unspecified atom stereocenters. The zero-order valence-electron chi connectivity index (χ0n) is 21.6. The fourth-order valence-electron chi connectivity index (χ4n) is 3.45. The van der Waals surface area contributed by atoms with Gasteiger partial charge in [-0.15, -0.1) is 0 Å². The molecule has 0 spiro atoms. The number of nitrogens with one attached hydrogen (secondary N) is 1. The number of nitrogens with zero attached hydrogens (tertiary/aromatic N) is 1. The van der Waals surface area contributed by atoms with Crippen LogP contribution in [0.2, 0.25) is 5.02 Å². The molecule has 1 N–H and O–H groups in total. The molecule has 0 heterocycles. The Labute approximate surface area is 245 Å². The number of carbonyl (C=O) groups is 2. The monoisotopic (exact) mass is 620 g/mol. The van der Waals surface area contributed by atoms with Gasteiger partial charge in [0.15, 0.2) is 0 Å². The van der Waals surface area contributed by atoms with Crippen LogP contribution in [0.25, 0.3) is 0 Å². The van der Waals surface area contributed by atoms with Crippen molar-refractivity contribution >= 4 is 45.6 Å². The van der Waals surface area contributed by atoms with Crippen LogP contribution in [0.1, 0.15) is 45.2 Å². The van der Waals surface area contributed by atoms with Gasteiger partial charge in [-0.25, -0.2) is 10.2 Å². The molecular formula is C31H26BrClN2O5. The van der Waals surface area contributed by atoms with E-state index in [2.05, 4.69) is 26.5 Å². The highest BCUT2D eigenvalue weighted by Gasteiger charge is 2.12. The molecule has 204 valence electrons. The molecule has 7 nitrogen and oxygen atoms in total. The highest BCUT2D eigenvalue weighted by molar-refractivity contribution is 9.10. The van der Waals surface area contributed by atoms with Crippen molar-refractivity contribution in [3.63, 3.8) is 0 Å². The number of hydrogen-bond acceptors (Lipinski definition) is 6. The van der Waals surface area contributed by atoms with Crippen molar-refractivity contribution in [3.8, 4) is 17.2 Å². The maximum absolute atomic E-state index is 12.7. The van der Waals surface area contributed by atoms with Crippen molar-refractivity contribution in [2.24, 2.45) is 5.10 Å². The van der Waals surface area contributed by atoms with Crippen LogP contribution in [0.4, 0.5) is 0 Å². The van der Waals surface area contributed by atoms with Gasteiger partial charge >= 0.3 is 5.97 Å². The predicted octanol–water partition coefficient (Wildman–Crippen LogP) is 7.45. The van der Waals surface area contributed by atoms with Gasteiger partial charge in [-0.1, -0.05) is 46.6 Å². The number of rotatable bonds is 11. The zero-order chi connectivity index (χ0) is 28.3. The Morgan fingerprint density at radius 3 is 2.20 bits per heavy atom. The third-order valence-corrected chi connectivity index (χ3v) is 6.29. The number of halogens is 2.